The van der Waals surface area contributed by atoms with Gasteiger partial charge in [0.25, 0.3) is 5.69 Å². The fraction of sp³-hybridized carbons (Fsp3) is 0.300. The third kappa shape index (κ3) is 6.98. The molecule has 0 atom stereocenters. The number of benzene rings is 2. The molecule has 0 radical (unpaired) electrons. The molecule has 2 N–H and O–H groups in total. The number of non-ortho nitro benzene ring substituents is 1. The van der Waals surface area contributed by atoms with E-state index in [9.17, 15) is 19.7 Å². The fourth-order valence-corrected chi connectivity index (χ4v) is 3.22. The Morgan fingerprint density at radius 1 is 1.03 bits per heavy atom. The smallest absolute Gasteiger partial charge is 0.271 e. The number of nitrogens with zero attached hydrogens (tertiary/aromatic N) is 2. The highest BCUT2D eigenvalue weighted by Crippen LogP contribution is 2.25. The average molecular weight is 453 g/mol. The highest BCUT2D eigenvalue weighted by Gasteiger charge is 2.17. The molecule has 0 saturated heterocycles. The lowest BCUT2D eigenvalue weighted by molar-refractivity contribution is -0.384. The molecule has 0 spiro atoms. The molecule has 2 rings (SSSR count). The van der Waals surface area contributed by atoms with Crippen molar-refractivity contribution in [2.45, 2.75) is 20.3 Å². The summed E-state index contributed by atoms with van der Waals surface area (Å²) in [5, 5.41) is 17.1. The van der Waals surface area contributed by atoms with E-state index < -0.39 is 4.92 Å². The molecule has 0 aliphatic carbocycles. The highest BCUT2D eigenvalue weighted by atomic mass is 35.5. The summed E-state index contributed by atoms with van der Waals surface area (Å²) in [5.41, 5.74) is 1.38. The van der Waals surface area contributed by atoms with Gasteiger partial charge in [-0.3, -0.25) is 24.6 Å². The number of carbonyl (C=O) groups excluding carboxylic acids is 2. The summed E-state index contributed by atoms with van der Waals surface area (Å²) in [5.74, 6) is -0.698. The van der Waals surface area contributed by atoms with Gasteiger partial charge in [0.1, 0.15) is 0 Å². The van der Waals surface area contributed by atoms with Gasteiger partial charge in [-0.1, -0.05) is 36.2 Å². The number of hydrogen-bond acceptors (Lipinski definition) is 5. The maximum absolute atomic E-state index is 12.5. The van der Waals surface area contributed by atoms with Gasteiger partial charge in [-0.15, -0.1) is 0 Å². The van der Waals surface area contributed by atoms with Crippen LogP contribution in [0.2, 0.25) is 10.0 Å². The summed E-state index contributed by atoms with van der Waals surface area (Å²) in [6, 6.07) is 9.00. The minimum Gasteiger partial charge on any atom is -0.324 e. The van der Waals surface area contributed by atoms with Crippen molar-refractivity contribution in [1.29, 1.82) is 0 Å². The first-order valence-electron chi connectivity index (χ1n) is 9.21. The van der Waals surface area contributed by atoms with E-state index in [-0.39, 0.29) is 30.6 Å². The van der Waals surface area contributed by atoms with Gasteiger partial charge in [0, 0.05) is 17.2 Å². The van der Waals surface area contributed by atoms with Crippen LogP contribution in [-0.4, -0.2) is 41.3 Å². The van der Waals surface area contributed by atoms with Crippen LogP contribution in [0.15, 0.2) is 36.4 Å². The van der Waals surface area contributed by atoms with Crippen LogP contribution in [0.25, 0.3) is 0 Å². The lowest BCUT2D eigenvalue weighted by atomic mass is 10.2. The monoisotopic (exact) mass is 452 g/mol. The molecule has 160 valence electrons. The maximum Gasteiger partial charge on any atom is 0.271 e. The van der Waals surface area contributed by atoms with Crippen molar-refractivity contribution in [3.05, 3.63) is 62.1 Å². The molecule has 0 aromatic heterocycles. The van der Waals surface area contributed by atoms with Gasteiger partial charge in [-0.05, 0) is 43.7 Å². The predicted molar refractivity (Wildman–Crippen MR) is 118 cm³/mol. The average Bonchev–Trinajstić information content (AvgIpc) is 2.65. The predicted octanol–water partition coefficient (Wildman–Crippen LogP) is 4.50. The van der Waals surface area contributed by atoms with Gasteiger partial charge in [0.05, 0.1) is 34.4 Å². The Kier molecular flexibility index (Phi) is 8.58. The second-order valence-electron chi connectivity index (χ2n) is 6.69. The summed E-state index contributed by atoms with van der Waals surface area (Å²) >= 11 is 11.9. The molecular formula is C20H22Cl2N4O4. The summed E-state index contributed by atoms with van der Waals surface area (Å²) in [7, 11) is 0. The Bertz CT molecular complexity index is 952. The number of rotatable bonds is 9. The number of nitro groups is 1. The zero-order chi connectivity index (χ0) is 22.3. The third-order valence-corrected chi connectivity index (χ3v) is 4.73. The lowest BCUT2D eigenvalue weighted by Gasteiger charge is -2.21. The van der Waals surface area contributed by atoms with Gasteiger partial charge in [-0.2, -0.15) is 0 Å². The van der Waals surface area contributed by atoms with Crippen LogP contribution in [0.5, 0.6) is 0 Å². The van der Waals surface area contributed by atoms with E-state index in [1.54, 1.807) is 30.0 Å². The molecule has 0 bridgehead atoms. The standard InChI is InChI=1S/C20H22Cl2N4O4/c1-3-8-25(11-19(27)23-17-7-5-14(21)9-16(17)22)12-20(28)24-18-10-15(26(29)30)6-4-13(18)2/h4-7,9-10H,3,8,11-12H2,1-2H3,(H,23,27)(H,24,28). The first-order valence-corrected chi connectivity index (χ1v) is 9.97. The van der Waals surface area contributed by atoms with E-state index in [0.717, 1.165) is 6.42 Å². The maximum atomic E-state index is 12.5. The normalized spacial score (nSPS) is 10.7. The fourth-order valence-electron chi connectivity index (χ4n) is 2.76. The number of nitrogens with one attached hydrogen (secondary N) is 2. The van der Waals surface area contributed by atoms with Crippen molar-refractivity contribution in [2.24, 2.45) is 0 Å². The third-order valence-electron chi connectivity index (χ3n) is 4.19. The van der Waals surface area contributed by atoms with Gasteiger partial charge in [0.2, 0.25) is 11.8 Å². The van der Waals surface area contributed by atoms with Crippen molar-refractivity contribution in [1.82, 2.24) is 4.90 Å². The topological polar surface area (TPSA) is 105 Å². The Hall–Kier alpha value is -2.68. The van der Waals surface area contributed by atoms with E-state index in [0.29, 0.717) is 33.5 Å². The second-order valence-corrected chi connectivity index (χ2v) is 7.53. The van der Waals surface area contributed by atoms with Gasteiger partial charge in [0.15, 0.2) is 0 Å². The minimum atomic E-state index is -0.523. The first kappa shape index (κ1) is 23.6. The molecule has 0 unspecified atom stereocenters. The van der Waals surface area contributed by atoms with E-state index in [1.165, 1.54) is 18.2 Å². The van der Waals surface area contributed by atoms with Crippen molar-refractivity contribution in [3.63, 3.8) is 0 Å². The Morgan fingerprint density at radius 2 is 1.67 bits per heavy atom. The van der Waals surface area contributed by atoms with Crippen LogP contribution < -0.4 is 10.6 Å². The molecule has 0 aliphatic rings. The Balaban J connectivity index is 2.00. The number of aryl methyl sites for hydroxylation is 1. The van der Waals surface area contributed by atoms with Gasteiger partial charge in [-0.25, -0.2) is 0 Å². The molecule has 2 aromatic carbocycles. The number of carbonyl (C=O) groups is 2. The summed E-state index contributed by atoms with van der Waals surface area (Å²) in [6.45, 7) is 4.13. The molecule has 2 aromatic rings. The highest BCUT2D eigenvalue weighted by molar-refractivity contribution is 6.36. The molecule has 30 heavy (non-hydrogen) atoms. The zero-order valence-electron chi connectivity index (χ0n) is 16.6. The molecule has 10 heteroatoms. The largest absolute Gasteiger partial charge is 0.324 e. The van der Waals surface area contributed by atoms with E-state index >= 15 is 0 Å². The van der Waals surface area contributed by atoms with Crippen molar-refractivity contribution < 1.29 is 14.5 Å². The van der Waals surface area contributed by atoms with Crippen LogP contribution in [0.4, 0.5) is 17.1 Å². The second kappa shape index (κ2) is 10.9. The van der Waals surface area contributed by atoms with Crippen molar-refractivity contribution in [3.8, 4) is 0 Å². The van der Waals surface area contributed by atoms with Crippen LogP contribution in [0, 0.1) is 17.0 Å². The molecule has 0 saturated carbocycles. The van der Waals surface area contributed by atoms with Crippen LogP contribution in [-0.2, 0) is 9.59 Å². The van der Waals surface area contributed by atoms with Crippen LogP contribution in [0.1, 0.15) is 18.9 Å². The zero-order valence-corrected chi connectivity index (χ0v) is 18.1. The Morgan fingerprint density at radius 3 is 2.23 bits per heavy atom. The van der Waals surface area contributed by atoms with Crippen molar-refractivity contribution in [2.75, 3.05) is 30.3 Å². The number of amides is 2. The first-order chi connectivity index (χ1) is 14.2. The van der Waals surface area contributed by atoms with Crippen LogP contribution >= 0.6 is 23.2 Å². The number of nitro benzene ring substituents is 1. The van der Waals surface area contributed by atoms with Gasteiger partial charge < -0.3 is 10.6 Å². The minimum absolute atomic E-state index is 0.0197. The quantitative estimate of drug-likeness (QED) is 0.430. The van der Waals surface area contributed by atoms with Gasteiger partial charge >= 0.3 is 0 Å². The molecule has 0 aliphatic heterocycles. The molecule has 8 nitrogen and oxygen atoms in total. The molecule has 0 fully saturated rings. The Labute approximate surface area is 184 Å². The molecular weight excluding hydrogens is 431 g/mol. The molecule has 2 amide bonds. The summed E-state index contributed by atoms with van der Waals surface area (Å²) < 4.78 is 0. The SMILES string of the molecule is CCCN(CC(=O)Nc1cc([N+](=O)[O-])ccc1C)CC(=O)Nc1ccc(Cl)cc1Cl. The van der Waals surface area contributed by atoms with E-state index in [1.807, 2.05) is 6.92 Å². The molecule has 0 heterocycles. The summed E-state index contributed by atoms with van der Waals surface area (Å²) in [4.78, 5) is 37.0. The lowest BCUT2D eigenvalue weighted by Crippen LogP contribution is -2.39. The van der Waals surface area contributed by atoms with E-state index in [2.05, 4.69) is 10.6 Å². The number of halogens is 2. The number of hydrogen-bond donors (Lipinski definition) is 2. The number of anilines is 2. The van der Waals surface area contributed by atoms with Crippen LogP contribution in [0.3, 0.4) is 0 Å². The van der Waals surface area contributed by atoms with Crippen molar-refractivity contribution >= 4 is 52.1 Å². The van der Waals surface area contributed by atoms with E-state index in [4.69, 9.17) is 23.2 Å². The summed E-state index contributed by atoms with van der Waals surface area (Å²) in [6.07, 6.45) is 0.734.